The fourth-order valence-electron chi connectivity index (χ4n) is 0.275. The molecule has 0 aromatic heterocycles. The Morgan fingerprint density at radius 3 is 2.75 bits per heavy atom. The van der Waals surface area contributed by atoms with E-state index in [0.29, 0.717) is 13.0 Å². The predicted molar refractivity (Wildman–Crippen MR) is 33.7 cm³/mol. The molecule has 47 valence electrons. The largest absolute Gasteiger partial charge is 0.355 e. The van der Waals surface area contributed by atoms with Crippen molar-refractivity contribution in [1.29, 1.82) is 0 Å². The number of halogens is 1. The normalized spacial score (nSPS) is 8.75. The number of nitrogens with one attached hydrogen (secondary N) is 1. The number of carbonyl (C=O) groups is 1. The number of alkyl halides is 1. The maximum Gasteiger partial charge on any atom is 0.234 e. The molecule has 0 fully saturated rings. The predicted octanol–water partition coefficient (Wildman–Crippen LogP) is 0.566. The van der Waals surface area contributed by atoms with E-state index >= 15 is 0 Å². The molecule has 0 aliphatic heterocycles. The van der Waals surface area contributed by atoms with E-state index in [9.17, 15) is 4.79 Å². The van der Waals surface area contributed by atoms with Gasteiger partial charge < -0.3 is 5.32 Å². The minimum Gasteiger partial charge on any atom is -0.355 e. The standard InChI is InChI=1S/C5H9ClNO/c1-2-3-7-5(8)4-6/h1-4H2,(H,7,8). The van der Waals surface area contributed by atoms with Crippen LogP contribution in [0.5, 0.6) is 0 Å². The van der Waals surface area contributed by atoms with Crippen molar-refractivity contribution < 1.29 is 4.79 Å². The van der Waals surface area contributed by atoms with Gasteiger partial charge in [-0.05, 0) is 6.42 Å². The maximum atomic E-state index is 10.3. The lowest BCUT2D eigenvalue weighted by Gasteiger charge is -1.96. The van der Waals surface area contributed by atoms with Crippen LogP contribution in [0.1, 0.15) is 6.42 Å². The smallest absolute Gasteiger partial charge is 0.234 e. The zero-order chi connectivity index (χ0) is 6.41. The topological polar surface area (TPSA) is 29.1 Å². The van der Waals surface area contributed by atoms with Crippen LogP contribution in [0.25, 0.3) is 0 Å². The molecule has 0 aliphatic carbocycles. The van der Waals surface area contributed by atoms with Gasteiger partial charge in [-0.2, -0.15) is 0 Å². The van der Waals surface area contributed by atoms with Crippen molar-refractivity contribution in [2.24, 2.45) is 0 Å². The van der Waals surface area contributed by atoms with Gasteiger partial charge in [-0.1, -0.05) is 6.92 Å². The molecule has 1 N–H and O–H groups in total. The Morgan fingerprint density at radius 2 is 2.38 bits per heavy atom. The van der Waals surface area contributed by atoms with Gasteiger partial charge in [0.05, 0.1) is 0 Å². The van der Waals surface area contributed by atoms with Gasteiger partial charge in [-0.3, -0.25) is 4.79 Å². The Hall–Kier alpha value is -0.240. The van der Waals surface area contributed by atoms with Crippen LogP contribution in [-0.2, 0) is 4.79 Å². The van der Waals surface area contributed by atoms with Gasteiger partial charge in [0.15, 0.2) is 0 Å². The highest BCUT2D eigenvalue weighted by atomic mass is 35.5. The molecule has 0 aromatic rings. The summed E-state index contributed by atoms with van der Waals surface area (Å²) in [5.74, 6) is -0.0877. The molecule has 0 aliphatic rings. The third kappa shape index (κ3) is 3.93. The van der Waals surface area contributed by atoms with Gasteiger partial charge in [0.2, 0.25) is 5.91 Å². The molecule has 0 atom stereocenters. The fourth-order valence-corrected chi connectivity index (χ4v) is 0.370. The van der Waals surface area contributed by atoms with Crippen molar-refractivity contribution in [2.75, 3.05) is 12.4 Å². The molecular formula is C5H9ClNO. The van der Waals surface area contributed by atoms with Crippen molar-refractivity contribution in [3.05, 3.63) is 6.92 Å². The van der Waals surface area contributed by atoms with Crippen LogP contribution in [0.4, 0.5) is 0 Å². The Kier molecular flexibility index (Phi) is 4.76. The zero-order valence-corrected chi connectivity index (χ0v) is 5.37. The summed E-state index contributed by atoms with van der Waals surface area (Å²) >= 11 is 5.16. The quantitative estimate of drug-likeness (QED) is 0.562. The van der Waals surface area contributed by atoms with Crippen molar-refractivity contribution >= 4 is 17.5 Å². The average Bonchev–Trinajstić information content (AvgIpc) is 1.83. The summed E-state index contributed by atoms with van der Waals surface area (Å²) in [7, 11) is 0. The number of carbonyl (C=O) groups excluding carboxylic acids is 1. The summed E-state index contributed by atoms with van der Waals surface area (Å²) in [6, 6.07) is 0. The van der Waals surface area contributed by atoms with Crippen molar-refractivity contribution in [3.8, 4) is 0 Å². The lowest BCUT2D eigenvalue weighted by molar-refractivity contribution is -0.118. The Balaban J connectivity index is 2.99. The van der Waals surface area contributed by atoms with E-state index in [4.69, 9.17) is 11.6 Å². The molecule has 0 saturated heterocycles. The lowest BCUT2D eigenvalue weighted by atomic mass is 10.5. The summed E-state index contributed by atoms with van der Waals surface area (Å²) < 4.78 is 0. The number of rotatable bonds is 3. The van der Waals surface area contributed by atoms with Crippen LogP contribution in [-0.4, -0.2) is 18.3 Å². The van der Waals surface area contributed by atoms with Gasteiger partial charge in [-0.15, -0.1) is 11.6 Å². The molecule has 3 heteroatoms. The second-order valence-electron chi connectivity index (χ2n) is 1.34. The van der Waals surface area contributed by atoms with E-state index in [1.165, 1.54) is 0 Å². The molecule has 0 heterocycles. The summed E-state index contributed by atoms with van der Waals surface area (Å²) in [5, 5.41) is 2.55. The monoisotopic (exact) mass is 134 g/mol. The third-order valence-electron chi connectivity index (χ3n) is 0.620. The molecule has 1 amide bonds. The highest BCUT2D eigenvalue weighted by Crippen LogP contribution is 1.74. The molecule has 0 aromatic carbocycles. The molecule has 0 spiro atoms. The van der Waals surface area contributed by atoms with Gasteiger partial charge in [-0.25, -0.2) is 0 Å². The molecule has 2 nitrogen and oxygen atoms in total. The van der Waals surface area contributed by atoms with Crippen molar-refractivity contribution in [1.82, 2.24) is 5.32 Å². The van der Waals surface area contributed by atoms with Gasteiger partial charge in [0.1, 0.15) is 5.88 Å². The van der Waals surface area contributed by atoms with E-state index in [0.717, 1.165) is 0 Å². The Morgan fingerprint density at radius 1 is 1.75 bits per heavy atom. The van der Waals surface area contributed by atoms with E-state index in [1.54, 1.807) is 0 Å². The number of hydrogen-bond donors (Lipinski definition) is 1. The first kappa shape index (κ1) is 7.76. The van der Waals surface area contributed by atoms with E-state index < -0.39 is 0 Å². The summed E-state index contributed by atoms with van der Waals surface area (Å²) in [4.78, 5) is 10.3. The van der Waals surface area contributed by atoms with Gasteiger partial charge in [0.25, 0.3) is 0 Å². The molecule has 0 unspecified atom stereocenters. The SMILES string of the molecule is [CH2]CCNC(=O)CCl. The molecule has 8 heavy (non-hydrogen) atoms. The first-order valence-corrected chi connectivity index (χ1v) is 2.96. The van der Waals surface area contributed by atoms with Crippen LogP contribution in [0, 0.1) is 6.92 Å². The van der Waals surface area contributed by atoms with E-state index in [2.05, 4.69) is 12.2 Å². The first-order chi connectivity index (χ1) is 3.81. The molecular weight excluding hydrogens is 126 g/mol. The average molecular weight is 135 g/mol. The van der Waals surface area contributed by atoms with E-state index in [1.807, 2.05) is 0 Å². The van der Waals surface area contributed by atoms with Crippen molar-refractivity contribution in [3.63, 3.8) is 0 Å². The lowest BCUT2D eigenvalue weighted by Crippen LogP contribution is -2.24. The highest BCUT2D eigenvalue weighted by molar-refractivity contribution is 6.27. The Labute approximate surface area is 54.2 Å². The van der Waals surface area contributed by atoms with Crippen LogP contribution >= 0.6 is 11.6 Å². The van der Waals surface area contributed by atoms with E-state index in [-0.39, 0.29) is 11.8 Å². The second-order valence-corrected chi connectivity index (χ2v) is 1.60. The molecule has 0 rings (SSSR count). The van der Waals surface area contributed by atoms with Crippen LogP contribution in [0.2, 0.25) is 0 Å². The minimum atomic E-state index is -0.129. The minimum absolute atomic E-state index is 0.0417. The van der Waals surface area contributed by atoms with Crippen molar-refractivity contribution in [2.45, 2.75) is 6.42 Å². The molecule has 0 saturated carbocycles. The number of amides is 1. The maximum absolute atomic E-state index is 10.3. The van der Waals surface area contributed by atoms with Crippen LogP contribution in [0.15, 0.2) is 0 Å². The van der Waals surface area contributed by atoms with Crippen LogP contribution < -0.4 is 5.32 Å². The second kappa shape index (κ2) is 4.91. The third-order valence-corrected chi connectivity index (χ3v) is 0.863. The summed E-state index contributed by atoms with van der Waals surface area (Å²) in [5.41, 5.74) is 0. The molecule has 1 radical (unpaired) electrons. The fraction of sp³-hybridized carbons (Fsp3) is 0.600. The zero-order valence-electron chi connectivity index (χ0n) is 4.61. The molecule has 0 bridgehead atoms. The van der Waals surface area contributed by atoms with Crippen LogP contribution in [0.3, 0.4) is 0 Å². The number of hydrogen-bond acceptors (Lipinski definition) is 1. The summed E-state index contributed by atoms with van der Waals surface area (Å²) in [6.07, 6.45) is 0.711. The van der Waals surface area contributed by atoms with Gasteiger partial charge >= 0.3 is 0 Å². The Bertz CT molecular complexity index is 74.8. The summed E-state index contributed by atoms with van der Waals surface area (Å²) in [6.45, 7) is 4.15. The van der Waals surface area contributed by atoms with Gasteiger partial charge in [0, 0.05) is 6.54 Å². The first-order valence-electron chi connectivity index (χ1n) is 2.43. The highest BCUT2D eigenvalue weighted by Gasteiger charge is 1.92.